The van der Waals surface area contributed by atoms with Crippen LogP contribution in [0.1, 0.15) is 0 Å². The van der Waals surface area contributed by atoms with Gasteiger partial charge in [-0.1, -0.05) is 76.0 Å². The molecule has 4 aromatic carbocycles. The normalized spacial score (nSPS) is 11.1. The quantitative estimate of drug-likeness (QED) is 0.107. The molecule has 242 valence electrons. The number of H-pyrrole nitrogens is 1. The maximum atomic E-state index is 9.71. The summed E-state index contributed by atoms with van der Waals surface area (Å²) < 4.78 is 1.31. The number of benzene rings is 4. The van der Waals surface area contributed by atoms with Gasteiger partial charge in [0.25, 0.3) is 0 Å². The van der Waals surface area contributed by atoms with E-state index in [0.29, 0.717) is 38.4 Å². The lowest BCUT2D eigenvalue weighted by atomic mass is 10.1. The van der Waals surface area contributed by atoms with Gasteiger partial charge in [0.1, 0.15) is 11.3 Å². The van der Waals surface area contributed by atoms with E-state index in [1.165, 1.54) is 10.7 Å². The fourth-order valence-electron chi connectivity index (χ4n) is 6.38. The summed E-state index contributed by atoms with van der Waals surface area (Å²) in [6, 6.07) is 23.4. The van der Waals surface area contributed by atoms with Gasteiger partial charge in [0, 0.05) is 53.4 Å². The maximum Gasteiger partial charge on any atom is 0.240 e. The van der Waals surface area contributed by atoms with Crippen LogP contribution in [0.5, 0.6) is 0 Å². The zero-order chi connectivity index (χ0) is 35.3. The van der Waals surface area contributed by atoms with E-state index in [1.54, 1.807) is 0 Å². The minimum absolute atomic E-state index is 0.113. The molecule has 2 aliphatic heterocycles. The number of hydrogen-bond acceptors (Lipinski definition) is 10. The molecule has 9 rings (SSSR count). The number of fused-ring (bicyclic) bond motifs is 20. The molecular formula is C32H14N20. The van der Waals surface area contributed by atoms with E-state index in [9.17, 15) is 22.1 Å². The number of nitrogens with zero attached hydrogens (tertiary/aromatic N) is 19. The van der Waals surface area contributed by atoms with Crippen LogP contribution in [0, 0.1) is 0 Å². The van der Waals surface area contributed by atoms with E-state index >= 15 is 0 Å². The van der Waals surface area contributed by atoms with Crippen molar-refractivity contribution < 1.29 is 0 Å². The molecule has 0 unspecified atom stereocenters. The highest BCUT2D eigenvalue weighted by atomic mass is 15.5. The fraction of sp³-hybridized carbons (Fsp3) is 0. The summed E-state index contributed by atoms with van der Waals surface area (Å²) in [5.41, 5.74) is 41.0. The summed E-state index contributed by atoms with van der Waals surface area (Å²) in [5, 5.41) is 17.1. The molecule has 20 heteroatoms. The highest BCUT2D eigenvalue weighted by Crippen LogP contribution is 2.47. The highest BCUT2D eigenvalue weighted by Gasteiger charge is 2.25. The van der Waals surface area contributed by atoms with Gasteiger partial charge in [0.2, 0.25) is 11.3 Å². The van der Waals surface area contributed by atoms with Crippen molar-refractivity contribution in [1.82, 2.24) is 39.6 Å². The van der Waals surface area contributed by atoms with Crippen LogP contribution >= 0.6 is 0 Å². The van der Waals surface area contributed by atoms with Crippen molar-refractivity contribution in [3.8, 4) is 45.6 Å². The van der Waals surface area contributed by atoms with E-state index in [-0.39, 0.29) is 68.3 Å². The van der Waals surface area contributed by atoms with Crippen molar-refractivity contribution in [2.24, 2.45) is 20.6 Å². The summed E-state index contributed by atoms with van der Waals surface area (Å²) >= 11 is 0. The van der Waals surface area contributed by atoms with Crippen molar-refractivity contribution >= 4 is 61.2 Å². The van der Waals surface area contributed by atoms with Crippen molar-refractivity contribution in [2.45, 2.75) is 0 Å². The predicted molar refractivity (Wildman–Crippen MR) is 191 cm³/mol. The van der Waals surface area contributed by atoms with E-state index in [2.05, 4.69) is 45.2 Å². The zero-order valence-electron chi connectivity index (χ0n) is 26.0. The largest absolute Gasteiger partial charge is 0.324 e. The van der Waals surface area contributed by atoms with Gasteiger partial charge in [-0.05, 0) is 40.0 Å². The van der Waals surface area contributed by atoms with E-state index < -0.39 is 0 Å². The first-order chi connectivity index (χ1) is 25.6. The van der Waals surface area contributed by atoms with Crippen LogP contribution in [-0.2, 0) is 0 Å². The Labute approximate surface area is 287 Å². The van der Waals surface area contributed by atoms with E-state index in [4.69, 9.17) is 29.9 Å². The van der Waals surface area contributed by atoms with Gasteiger partial charge in [-0.3, -0.25) is 0 Å². The predicted octanol–water partition coefficient (Wildman–Crippen LogP) is 10.2. The smallest absolute Gasteiger partial charge is 0.240 e. The first-order valence-electron chi connectivity index (χ1n) is 15.2. The van der Waals surface area contributed by atoms with Crippen LogP contribution in [-0.4, -0.2) is 39.6 Å². The number of azide groups is 4. The molecule has 7 aromatic rings. The molecule has 0 saturated heterocycles. The lowest BCUT2D eigenvalue weighted by molar-refractivity contribution is 0.911. The van der Waals surface area contributed by atoms with Crippen LogP contribution in [0.2, 0.25) is 0 Å². The highest BCUT2D eigenvalue weighted by molar-refractivity contribution is 6.16. The topological polar surface area (TPSA) is 293 Å². The molecule has 1 N–H and O–H groups in total. The molecule has 0 atom stereocenters. The second-order valence-electron chi connectivity index (χ2n) is 11.1. The summed E-state index contributed by atoms with van der Waals surface area (Å²) in [5.74, 6) is 1.02. The number of aromatic amines is 1. The molecule has 3 aromatic heterocycles. The lowest BCUT2D eigenvalue weighted by Gasteiger charge is -2.05. The number of aromatic nitrogens is 8. The zero-order valence-corrected chi connectivity index (χ0v) is 26.0. The molecule has 52 heavy (non-hydrogen) atoms. The van der Waals surface area contributed by atoms with Gasteiger partial charge in [0.15, 0.2) is 23.3 Å². The molecule has 0 saturated carbocycles. The van der Waals surface area contributed by atoms with Gasteiger partial charge in [-0.25, -0.2) is 19.9 Å². The second kappa shape index (κ2) is 11.6. The van der Waals surface area contributed by atoms with Crippen molar-refractivity contribution in [2.75, 3.05) is 0 Å². The minimum atomic E-state index is -0.214. The molecule has 8 bridgehead atoms. The SMILES string of the molecule is [N-]=[N+]=Nc1cc2c3nc4nc(nc5c6ccccc6c(nc6nc(nc([nH]3)c2c(N=[N+]=[N-])c1N=[N+]=[N-])-c1ccccc1-6)n5N=[N+]=[N-])-c1ccccc1-4. The van der Waals surface area contributed by atoms with Crippen molar-refractivity contribution in [3.05, 3.63) is 121 Å². The van der Waals surface area contributed by atoms with Gasteiger partial charge >= 0.3 is 0 Å². The molecule has 0 fully saturated rings. The van der Waals surface area contributed by atoms with Crippen molar-refractivity contribution in [1.29, 1.82) is 0 Å². The van der Waals surface area contributed by atoms with Crippen LogP contribution in [0.3, 0.4) is 0 Å². The summed E-state index contributed by atoms with van der Waals surface area (Å²) in [7, 11) is 0. The summed E-state index contributed by atoms with van der Waals surface area (Å²) in [6.07, 6.45) is 0. The molecule has 0 spiro atoms. The van der Waals surface area contributed by atoms with Crippen LogP contribution in [0.25, 0.3) is 131 Å². The molecule has 0 aliphatic carbocycles. The second-order valence-corrected chi connectivity index (χ2v) is 11.1. The van der Waals surface area contributed by atoms with Crippen molar-refractivity contribution in [3.63, 3.8) is 0 Å². The standard InChI is InChI=1S/C32H14N20/c33-47-44-21-13-20-22(24(46-49-35)23(21)45-48-34)30-40-26-15-8-2-4-10-17(15)28(38-26)43-32-19-12-6-5-11-18(19)31(52(32)51-50-36)42-27-16-9-3-1-7-14(16)25(37-27)39-29(20)41-30/h1-13H,(H,37,38,39,40,41,42,43). The Hall–Kier alpha value is -8.52. The first kappa shape index (κ1) is 29.6. The van der Waals surface area contributed by atoms with Gasteiger partial charge in [-0.15, -0.1) is 10.2 Å². The molecule has 20 nitrogen and oxygen atoms in total. The Morgan fingerprint density at radius 3 is 1.50 bits per heavy atom. The third-order valence-corrected chi connectivity index (χ3v) is 8.46. The van der Waals surface area contributed by atoms with Crippen LogP contribution < -0.4 is 0 Å². The van der Waals surface area contributed by atoms with E-state index in [0.717, 1.165) is 0 Å². The van der Waals surface area contributed by atoms with Gasteiger partial charge < -0.3 is 4.98 Å². The number of rotatable bonds is 4. The number of nitrogens with one attached hydrogen (secondary N) is 1. The van der Waals surface area contributed by atoms with Gasteiger partial charge in [-0.2, -0.15) is 14.9 Å². The third-order valence-electron chi connectivity index (χ3n) is 8.46. The monoisotopic (exact) mass is 678 g/mol. The third kappa shape index (κ3) is 4.39. The maximum absolute atomic E-state index is 9.71. The summed E-state index contributed by atoms with van der Waals surface area (Å²) in [4.78, 5) is 44.3. The summed E-state index contributed by atoms with van der Waals surface area (Å²) in [6.45, 7) is 0. The number of hydrogen-bond donors (Lipinski definition) is 1. The Morgan fingerprint density at radius 1 is 0.500 bits per heavy atom. The Balaban J connectivity index is 1.57. The average molecular weight is 679 g/mol. The lowest BCUT2D eigenvalue weighted by Crippen LogP contribution is -1.92. The fourth-order valence-corrected chi connectivity index (χ4v) is 6.38. The van der Waals surface area contributed by atoms with Gasteiger partial charge in [0.05, 0.1) is 22.1 Å². The minimum Gasteiger partial charge on any atom is -0.324 e. The average Bonchev–Trinajstić information content (AvgIpc) is 3.88. The van der Waals surface area contributed by atoms with Crippen LogP contribution in [0.4, 0.5) is 17.1 Å². The Morgan fingerprint density at radius 2 is 0.981 bits per heavy atom. The van der Waals surface area contributed by atoms with Crippen LogP contribution in [0.15, 0.2) is 99.4 Å². The first-order valence-corrected chi connectivity index (χ1v) is 15.2. The molecule has 0 amide bonds. The molecular weight excluding hydrogens is 664 g/mol. The Kier molecular flexibility index (Phi) is 6.59. The molecule has 2 aliphatic rings. The molecule has 5 heterocycles. The Bertz CT molecular complexity index is 3110. The van der Waals surface area contributed by atoms with E-state index in [1.807, 2.05) is 72.8 Å². The molecule has 0 radical (unpaired) electrons.